The lowest BCUT2D eigenvalue weighted by Crippen LogP contribution is -2.21. The minimum Gasteiger partial charge on any atom is -0.355 e. The van der Waals surface area contributed by atoms with Gasteiger partial charge in [0, 0.05) is 13.5 Å². The van der Waals surface area contributed by atoms with Crippen molar-refractivity contribution in [1.29, 1.82) is 0 Å². The molecule has 0 bridgehead atoms. The molecule has 0 fully saturated rings. The number of rotatable bonds is 3. The summed E-state index contributed by atoms with van der Waals surface area (Å²) >= 11 is 1.92. The third kappa shape index (κ3) is 5.24. The lowest BCUT2D eigenvalue weighted by atomic mass is 10.3. The van der Waals surface area contributed by atoms with Crippen LogP contribution in [0.25, 0.3) is 0 Å². The predicted octanol–water partition coefficient (Wildman–Crippen LogP) is 2.56. The minimum absolute atomic E-state index is 0.390. The zero-order valence-corrected chi connectivity index (χ0v) is 9.42. The molecule has 0 aliphatic rings. The van der Waals surface area contributed by atoms with E-state index in [0.29, 0.717) is 6.54 Å². The Hall–Kier alpha value is -0.440. The van der Waals surface area contributed by atoms with Crippen LogP contribution in [-0.2, 0) is 4.74 Å². The molecule has 0 aromatic rings. The van der Waals surface area contributed by atoms with Crippen LogP contribution in [0.3, 0.4) is 0 Å². The van der Waals surface area contributed by atoms with Crippen molar-refractivity contribution in [3.05, 3.63) is 0 Å². The van der Waals surface area contributed by atoms with Gasteiger partial charge in [-0.15, -0.1) is 0 Å². The normalized spacial score (nSPS) is 8.25. The van der Waals surface area contributed by atoms with Crippen LogP contribution in [-0.4, -0.2) is 15.8 Å². The van der Waals surface area contributed by atoms with Gasteiger partial charge in [0.15, 0.2) is 0 Å². The van der Waals surface area contributed by atoms with Crippen LogP contribution in [0.4, 0.5) is 4.79 Å². The number of nitrogens with zero attached hydrogens (tertiary/aromatic N) is 1. The van der Waals surface area contributed by atoms with Gasteiger partial charge in [0.2, 0.25) is 0 Å². The fourth-order valence-electron chi connectivity index (χ4n) is 0.532. The van der Waals surface area contributed by atoms with Gasteiger partial charge >= 0.3 is 6.09 Å². The number of carbonyl (C=O) groups is 1. The Kier molecular flexibility index (Phi) is 6.96. The second kappa shape index (κ2) is 7.22. The topological polar surface area (TPSA) is 29.5 Å². The van der Waals surface area contributed by atoms with E-state index in [1.807, 2.05) is 22.9 Å². The lowest BCUT2D eigenvalue weighted by molar-refractivity contribution is 0.176. The van der Waals surface area contributed by atoms with Gasteiger partial charge in [0.25, 0.3) is 0 Å². The number of amides is 1. The van der Waals surface area contributed by atoms with Crippen molar-refractivity contribution in [3.8, 4) is 12.0 Å². The molecule has 0 heterocycles. The lowest BCUT2D eigenvalue weighted by Gasteiger charge is -2.10. The third-order valence-electron chi connectivity index (χ3n) is 1.15. The Morgan fingerprint density at radius 2 is 2.33 bits per heavy atom. The van der Waals surface area contributed by atoms with Gasteiger partial charge in [0.1, 0.15) is 6.11 Å². The zero-order chi connectivity index (χ0) is 9.40. The van der Waals surface area contributed by atoms with E-state index < -0.39 is 6.09 Å². The number of carbonyl (C=O) groups excluding carboxylic acids is 1. The highest BCUT2D eigenvalue weighted by Crippen LogP contribution is 2.04. The first-order chi connectivity index (χ1) is 5.72. The number of halogens is 1. The molecule has 0 N–H and O–H groups in total. The van der Waals surface area contributed by atoms with Crippen molar-refractivity contribution in [1.82, 2.24) is 3.11 Å². The zero-order valence-electron chi connectivity index (χ0n) is 7.26. The van der Waals surface area contributed by atoms with E-state index >= 15 is 0 Å². The summed E-state index contributed by atoms with van der Waals surface area (Å²) in [5.74, 6) is 2.49. The summed E-state index contributed by atoms with van der Waals surface area (Å²) < 4.78 is 6.06. The number of ether oxygens (including phenoxy) is 1. The summed E-state index contributed by atoms with van der Waals surface area (Å²) in [4.78, 5) is 11.0. The van der Waals surface area contributed by atoms with Crippen molar-refractivity contribution in [2.75, 3.05) is 6.54 Å². The minimum atomic E-state index is -0.390. The fourth-order valence-corrected chi connectivity index (χ4v) is 0.972. The van der Waals surface area contributed by atoms with Crippen LogP contribution < -0.4 is 0 Å². The first-order valence-electron chi connectivity index (χ1n) is 3.78. The maximum atomic E-state index is 11.0. The van der Waals surface area contributed by atoms with Gasteiger partial charge in [0.05, 0.1) is 22.9 Å². The van der Waals surface area contributed by atoms with E-state index in [1.54, 1.807) is 6.92 Å². The van der Waals surface area contributed by atoms with Crippen molar-refractivity contribution in [2.45, 2.75) is 26.7 Å². The fraction of sp³-hybridized carbons (Fsp3) is 0.625. The smallest absolute Gasteiger partial charge is 0.355 e. The number of hydrogen-bond donors (Lipinski definition) is 0. The first-order valence-corrected chi connectivity index (χ1v) is 4.74. The molecule has 0 unspecified atom stereocenters. The predicted molar refractivity (Wildman–Crippen MR) is 55.6 cm³/mol. The van der Waals surface area contributed by atoms with E-state index in [2.05, 4.69) is 23.7 Å². The SMILES string of the molecule is CC#COC(=O)N(I)CCCC. The Morgan fingerprint density at radius 3 is 2.83 bits per heavy atom. The molecule has 0 aliphatic carbocycles. The number of unbranched alkanes of at least 4 members (excludes halogenated alkanes) is 1. The first kappa shape index (κ1) is 11.6. The molecule has 0 atom stereocenters. The average Bonchev–Trinajstić information content (AvgIpc) is 2.10. The van der Waals surface area contributed by atoms with E-state index in [9.17, 15) is 4.79 Å². The molecule has 0 aromatic heterocycles. The maximum absolute atomic E-state index is 11.0. The second-order valence-electron chi connectivity index (χ2n) is 2.16. The largest absolute Gasteiger partial charge is 0.432 e. The summed E-state index contributed by atoms with van der Waals surface area (Å²) in [6.45, 7) is 4.40. The van der Waals surface area contributed by atoms with Gasteiger partial charge in [-0.2, -0.15) is 0 Å². The van der Waals surface area contributed by atoms with Crippen LogP contribution >= 0.6 is 22.9 Å². The quantitative estimate of drug-likeness (QED) is 0.452. The monoisotopic (exact) mass is 281 g/mol. The molecular weight excluding hydrogens is 269 g/mol. The maximum Gasteiger partial charge on any atom is 0.432 e. The van der Waals surface area contributed by atoms with E-state index in [-0.39, 0.29) is 0 Å². The van der Waals surface area contributed by atoms with Crippen molar-refractivity contribution < 1.29 is 9.53 Å². The number of hydrogen-bond acceptors (Lipinski definition) is 2. The molecule has 0 aliphatic heterocycles. The van der Waals surface area contributed by atoms with Crippen molar-refractivity contribution in [3.63, 3.8) is 0 Å². The van der Waals surface area contributed by atoms with Crippen LogP contribution in [0.5, 0.6) is 0 Å². The van der Waals surface area contributed by atoms with Crippen LogP contribution in [0, 0.1) is 12.0 Å². The molecule has 0 radical (unpaired) electrons. The van der Waals surface area contributed by atoms with E-state index in [0.717, 1.165) is 12.8 Å². The van der Waals surface area contributed by atoms with E-state index in [4.69, 9.17) is 0 Å². The molecule has 1 amide bonds. The van der Waals surface area contributed by atoms with Gasteiger partial charge < -0.3 is 4.74 Å². The molecule has 0 rings (SSSR count). The van der Waals surface area contributed by atoms with Crippen molar-refractivity contribution in [2.24, 2.45) is 0 Å². The molecule has 0 spiro atoms. The molecule has 0 aromatic carbocycles. The Bertz CT molecular complexity index is 195. The summed E-state index contributed by atoms with van der Waals surface area (Å²) in [5.41, 5.74) is 0. The highest BCUT2D eigenvalue weighted by molar-refractivity contribution is 14.1. The summed E-state index contributed by atoms with van der Waals surface area (Å²) in [6.07, 6.45) is 3.91. The van der Waals surface area contributed by atoms with Crippen molar-refractivity contribution >= 4 is 29.0 Å². The molecule has 0 saturated carbocycles. The van der Waals surface area contributed by atoms with Crippen LogP contribution in [0.2, 0.25) is 0 Å². The van der Waals surface area contributed by atoms with Gasteiger partial charge in [-0.1, -0.05) is 19.3 Å². The Balaban J connectivity index is 3.66. The molecule has 4 heteroatoms. The molecule has 12 heavy (non-hydrogen) atoms. The molecule has 0 saturated heterocycles. The van der Waals surface area contributed by atoms with Gasteiger partial charge in [-0.25, -0.2) is 7.91 Å². The van der Waals surface area contributed by atoms with Crippen LogP contribution in [0.1, 0.15) is 26.7 Å². The highest BCUT2D eigenvalue weighted by Gasteiger charge is 2.09. The highest BCUT2D eigenvalue weighted by atomic mass is 127. The summed E-state index contributed by atoms with van der Waals surface area (Å²) in [6, 6.07) is 0. The van der Waals surface area contributed by atoms with Gasteiger partial charge in [-0.3, -0.25) is 0 Å². The average molecular weight is 281 g/mol. The van der Waals surface area contributed by atoms with Crippen LogP contribution in [0.15, 0.2) is 0 Å². The Morgan fingerprint density at radius 1 is 1.67 bits per heavy atom. The third-order valence-corrected chi connectivity index (χ3v) is 2.02. The Labute approximate surface area is 86.9 Å². The molecular formula is C8H12INO2. The summed E-state index contributed by atoms with van der Waals surface area (Å²) in [5, 5.41) is 0. The van der Waals surface area contributed by atoms with E-state index in [1.165, 1.54) is 3.11 Å². The molecule has 3 nitrogen and oxygen atoms in total. The summed E-state index contributed by atoms with van der Waals surface area (Å²) in [7, 11) is 0. The van der Waals surface area contributed by atoms with Gasteiger partial charge in [-0.05, 0) is 6.42 Å². The second-order valence-corrected chi connectivity index (χ2v) is 3.32. The molecule has 68 valence electrons. The standard InChI is InChI=1S/C8H12INO2/c1-3-5-6-10(9)8(11)12-7-4-2/h3,5-6H2,1-2H3.